The lowest BCUT2D eigenvalue weighted by atomic mass is 10.2. The minimum atomic E-state index is -4.25. The van der Waals surface area contributed by atoms with Gasteiger partial charge in [-0.2, -0.15) is 10.2 Å². The summed E-state index contributed by atoms with van der Waals surface area (Å²) in [6.07, 6.45) is 2.49. The monoisotopic (exact) mass is 521 g/mol. The van der Waals surface area contributed by atoms with Gasteiger partial charge in [-0.05, 0) is 80.1 Å². The quantitative estimate of drug-likeness (QED) is 0.308. The molecule has 0 aliphatic carbocycles. The maximum absolute atomic E-state index is 13.4. The molecule has 0 saturated heterocycles. The zero-order valence-corrected chi connectivity index (χ0v) is 20.9. The first-order chi connectivity index (χ1) is 17.2. The van der Waals surface area contributed by atoms with E-state index in [-0.39, 0.29) is 16.3 Å². The number of nitriles is 1. The van der Waals surface area contributed by atoms with Crippen molar-refractivity contribution in [2.24, 2.45) is 0 Å². The van der Waals surface area contributed by atoms with Crippen molar-refractivity contribution >= 4 is 33.2 Å². The van der Waals surface area contributed by atoms with Crippen LogP contribution in [0.5, 0.6) is 17.4 Å². The van der Waals surface area contributed by atoms with Gasteiger partial charge in [0, 0.05) is 11.2 Å². The number of aromatic nitrogens is 2. The number of nitrogens with zero attached hydrogens (tertiary/aromatic N) is 3. The number of aryl methyl sites for hydroxylation is 1. The molecule has 8 nitrogen and oxygen atoms in total. The van der Waals surface area contributed by atoms with Gasteiger partial charge in [-0.3, -0.25) is 9.20 Å². The summed E-state index contributed by atoms with van der Waals surface area (Å²) in [4.78, 5) is 17.1. The second kappa shape index (κ2) is 10.2. The Morgan fingerprint density at radius 1 is 1.11 bits per heavy atom. The molecule has 2 heterocycles. The molecule has 0 unspecified atom stereocenters. The molecule has 0 spiro atoms. The highest BCUT2D eigenvalue weighted by atomic mass is 35.5. The summed E-state index contributed by atoms with van der Waals surface area (Å²) >= 11 is 5.87. The average molecular weight is 522 g/mol. The lowest BCUT2D eigenvalue weighted by molar-refractivity contribution is 0.339. The molecule has 0 amide bonds. The Balaban J connectivity index is 1.90. The van der Waals surface area contributed by atoms with Gasteiger partial charge in [0.15, 0.2) is 0 Å². The van der Waals surface area contributed by atoms with Crippen LogP contribution >= 0.6 is 11.6 Å². The first-order valence-corrected chi connectivity index (χ1v) is 12.7. The van der Waals surface area contributed by atoms with Crippen molar-refractivity contribution < 1.29 is 17.9 Å². The topological polar surface area (TPSA) is 111 Å². The lowest BCUT2D eigenvalue weighted by Gasteiger charge is -2.12. The number of pyridine rings is 1. The number of ether oxygens (including phenoxy) is 2. The van der Waals surface area contributed by atoms with E-state index in [4.69, 9.17) is 21.1 Å². The van der Waals surface area contributed by atoms with Crippen molar-refractivity contribution in [1.29, 1.82) is 5.26 Å². The third-order valence-electron chi connectivity index (χ3n) is 5.20. The molecule has 0 radical (unpaired) electrons. The van der Waals surface area contributed by atoms with Crippen molar-refractivity contribution in [3.05, 3.63) is 98.3 Å². The first kappa shape index (κ1) is 25.0. The number of hydrogen-bond donors (Lipinski definition) is 0. The van der Waals surface area contributed by atoms with Crippen LogP contribution in [0.25, 0.3) is 11.7 Å². The van der Waals surface area contributed by atoms with E-state index < -0.39 is 20.3 Å². The van der Waals surface area contributed by atoms with Gasteiger partial charge in [0.1, 0.15) is 33.7 Å². The molecular weight excluding hydrogens is 502 g/mol. The Hall–Kier alpha value is -4.13. The highest BCUT2D eigenvalue weighted by Gasteiger charge is 2.24. The maximum atomic E-state index is 13.4. The third-order valence-corrected chi connectivity index (χ3v) is 7.13. The van der Waals surface area contributed by atoms with Crippen LogP contribution in [-0.2, 0) is 9.84 Å². The number of hydrogen-bond acceptors (Lipinski definition) is 7. The smallest absolute Gasteiger partial charge is 0.269 e. The Labute approximate surface area is 212 Å². The predicted molar refractivity (Wildman–Crippen MR) is 136 cm³/mol. The average Bonchev–Trinajstić information content (AvgIpc) is 2.86. The fourth-order valence-corrected chi connectivity index (χ4v) is 4.68. The molecule has 0 N–H and O–H groups in total. The molecule has 0 aliphatic heterocycles. The molecule has 0 saturated carbocycles. The standard InChI is InChI=1S/C26H20ClN3O5S/c1-3-34-19-8-10-20(11-9-19)35-25-23(26(31)30-14-4-5-17(2)24(30)29-25)15-22(16-28)36(32,33)21-12-6-18(27)7-13-21/h4-15H,3H2,1-2H3/b22-15+. The Morgan fingerprint density at radius 2 is 1.78 bits per heavy atom. The van der Waals surface area contributed by atoms with Gasteiger partial charge in [0.05, 0.1) is 11.5 Å². The molecule has 4 rings (SSSR count). The minimum absolute atomic E-state index is 0.140. The van der Waals surface area contributed by atoms with Gasteiger partial charge < -0.3 is 9.47 Å². The molecule has 0 aliphatic rings. The Kier molecular flexibility index (Phi) is 7.10. The van der Waals surface area contributed by atoms with E-state index in [1.165, 1.54) is 34.9 Å². The van der Waals surface area contributed by atoms with E-state index in [1.54, 1.807) is 49.4 Å². The molecule has 182 valence electrons. The third kappa shape index (κ3) is 4.96. The summed E-state index contributed by atoms with van der Waals surface area (Å²) in [6.45, 7) is 4.14. The van der Waals surface area contributed by atoms with Crippen LogP contribution in [0.2, 0.25) is 5.02 Å². The second-order valence-corrected chi connectivity index (χ2v) is 9.96. The van der Waals surface area contributed by atoms with E-state index in [9.17, 15) is 18.5 Å². The zero-order valence-electron chi connectivity index (χ0n) is 19.3. The Bertz CT molecular complexity index is 1670. The van der Waals surface area contributed by atoms with Gasteiger partial charge >= 0.3 is 0 Å². The summed E-state index contributed by atoms with van der Waals surface area (Å²) in [5.41, 5.74) is 0.250. The van der Waals surface area contributed by atoms with Gasteiger partial charge in [-0.1, -0.05) is 17.7 Å². The molecule has 4 aromatic rings. The predicted octanol–water partition coefficient (Wildman–Crippen LogP) is 5.19. The number of rotatable bonds is 7. The van der Waals surface area contributed by atoms with Gasteiger partial charge in [0.25, 0.3) is 5.56 Å². The number of halogens is 1. The van der Waals surface area contributed by atoms with Gasteiger partial charge in [-0.25, -0.2) is 8.42 Å². The summed E-state index contributed by atoms with van der Waals surface area (Å²) < 4.78 is 38.9. The van der Waals surface area contributed by atoms with Gasteiger partial charge in [0.2, 0.25) is 15.7 Å². The summed E-state index contributed by atoms with van der Waals surface area (Å²) in [5, 5.41) is 10.1. The van der Waals surface area contributed by atoms with E-state index in [0.29, 0.717) is 34.3 Å². The van der Waals surface area contributed by atoms with E-state index in [1.807, 2.05) is 6.92 Å². The van der Waals surface area contributed by atoms with Crippen LogP contribution in [0, 0.1) is 18.3 Å². The van der Waals surface area contributed by atoms with Crippen molar-refractivity contribution in [2.45, 2.75) is 18.7 Å². The highest BCUT2D eigenvalue weighted by Crippen LogP contribution is 2.28. The maximum Gasteiger partial charge on any atom is 0.269 e. The van der Waals surface area contributed by atoms with Crippen LogP contribution in [-0.4, -0.2) is 24.4 Å². The second-order valence-electron chi connectivity index (χ2n) is 7.60. The van der Waals surface area contributed by atoms with Crippen LogP contribution < -0.4 is 15.0 Å². The lowest BCUT2D eigenvalue weighted by Crippen LogP contribution is -2.20. The summed E-state index contributed by atoms with van der Waals surface area (Å²) in [7, 11) is -4.25. The molecule has 36 heavy (non-hydrogen) atoms. The highest BCUT2D eigenvalue weighted by molar-refractivity contribution is 7.95. The van der Waals surface area contributed by atoms with Crippen molar-refractivity contribution in [1.82, 2.24) is 9.38 Å². The number of allylic oxidation sites excluding steroid dienone is 1. The van der Waals surface area contributed by atoms with E-state index in [2.05, 4.69) is 4.98 Å². The van der Waals surface area contributed by atoms with Gasteiger partial charge in [-0.15, -0.1) is 0 Å². The molecule has 0 atom stereocenters. The number of fused-ring (bicyclic) bond motifs is 1. The van der Waals surface area contributed by atoms with Crippen LogP contribution in [0.1, 0.15) is 18.1 Å². The zero-order chi connectivity index (χ0) is 25.9. The number of benzene rings is 2. The summed E-state index contributed by atoms with van der Waals surface area (Å²) in [6, 6.07) is 17.2. The minimum Gasteiger partial charge on any atom is -0.494 e. The number of sulfone groups is 1. The summed E-state index contributed by atoms with van der Waals surface area (Å²) in [5.74, 6) is 0.836. The van der Waals surface area contributed by atoms with Crippen molar-refractivity contribution in [3.63, 3.8) is 0 Å². The van der Waals surface area contributed by atoms with Crippen molar-refractivity contribution in [2.75, 3.05) is 6.61 Å². The first-order valence-electron chi connectivity index (χ1n) is 10.8. The fourth-order valence-electron chi connectivity index (χ4n) is 3.42. The van der Waals surface area contributed by atoms with E-state index >= 15 is 0 Å². The largest absolute Gasteiger partial charge is 0.494 e. The van der Waals surface area contributed by atoms with E-state index in [0.717, 1.165) is 6.08 Å². The van der Waals surface area contributed by atoms with Crippen molar-refractivity contribution in [3.8, 4) is 23.4 Å². The Morgan fingerprint density at radius 3 is 2.42 bits per heavy atom. The molecule has 2 aromatic carbocycles. The SMILES string of the molecule is CCOc1ccc(Oc2nc3c(C)cccn3c(=O)c2/C=C(\C#N)S(=O)(=O)c2ccc(Cl)cc2)cc1. The molecule has 0 bridgehead atoms. The normalized spacial score (nSPS) is 11.8. The molecule has 0 fully saturated rings. The molecular formula is C26H20ClN3O5S. The molecule has 2 aromatic heterocycles. The molecule has 10 heteroatoms. The fraction of sp³-hybridized carbons (Fsp3) is 0.115. The van der Waals surface area contributed by atoms with Crippen LogP contribution in [0.4, 0.5) is 0 Å². The van der Waals surface area contributed by atoms with Crippen LogP contribution in [0.15, 0.2) is 81.5 Å². The van der Waals surface area contributed by atoms with Crippen LogP contribution in [0.3, 0.4) is 0 Å².